The Kier molecular flexibility index (Phi) is 2.97. The molecule has 4 aliphatic rings. The summed E-state index contributed by atoms with van der Waals surface area (Å²) in [6, 6.07) is 0. The Hall–Kier alpha value is -0.900. The summed E-state index contributed by atoms with van der Waals surface area (Å²) >= 11 is 0. The van der Waals surface area contributed by atoms with Gasteiger partial charge in [-0.05, 0) is 56.8 Å². The summed E-state index contributed by atoms with van der Waals surface area (Å²) in [4.78, 5) is 25.0. The van der Waals surface area contributed by atoms with Crippen LogP contribution in [0, 0.1) is 29.6 Å². The van der Waals surface area contributed by atoms with Crippen molar-refractivity contribution in [2.45, 2.75) is 57.7 Å². The number of hydrogen-bond acceptors (Lipinski definition) is 4. The maximum absolute atomic E-state index is 12.8. The first-order valence-corrected chi connectivity index (χ1v) is 8.37. The lowest BCUT2D eigenvalue weighted by molar-refractivity contribution is -0.178. The van der Waals surface area contributed by atoms with E-state index in [0.29, 0.717) is 5.92 Å². The molecule has 4 heteroatoms. The molecule has 0 amide bonds. The zero-order chi connectivity index (χ0) is 14.8. The van der Waals surface area contributed by atoms with Gasteiger partial charge in [0.1, 0.15) is 12.2 Å². The van der Waals surface area contributed by atoms with Crippen LogP contribution in [0.3, 0.4) is 0 Å². The van der Waals surface area contributed by atoms with Crippen LogP contribution in [0.2, 0.25) is 0 Å². The number of fused-ring (bicyclic) bond motifs is 1. The molecule has 4 rings (SSSR count). The number of hydrogen-bond donors (Lipinski definition) is 0. The fraction of sp³-hybridized carbons (Fsp3) is 0.882. The second kappa shape index (κ2) is 4.55. The van der Waals surface area contributed by atoms with Crippen molar-refractivity contribution >= 4 is 11.8 Å². The lowest BCUT2D eigenvalue weighted by Gasteiger charge is -2.42. The van der Waals surface area contributed by atoms with E-state index in [1.165, 1.54) is 0 Å². The van der Waals surface area contributed by atoms with E-state index < -0.39 is 0 Å². The number of esters is 1. The van der Waals surface area contributed by atoms with E-state index in [0.717, 1.165) is 32.1 Å². The SMILES string of the molecule is CC1C2CC3C1OCC(=O)C3C2C(=O)OC1(C)CCCC1. The van der Waals surface area contributed by atoms with Crippen molar-refractivity contribution in [2.75, 3.05) is 6.61 Å². The second-order valence-corrected chi connectivity index (χ2v) is 7.79. The van der Waals surface area contributed by atoms with Gasteiger partial charge in [-0.25, -0.2) is 0 Å². The van der Waals surface area contributed by atoms with E-state index in [4.69, 9.17) is 9.47 Å². The van der Waals surface area contributed by atoms with Gasteiger partial charge in [-0.1, -0.05) is 6.92 Å². The van der Waals surface area contributed by atoms with Crippen molar-refractivity contribution in [1.82, 2.24) is 0 Å². The van der Waals surface area contributed by atoms with Crippen LogP contribution in [-0.4, -0.2) is 30.1 Å². The first-order chi connectivity index (χ1) is 10.0. The molecule has 4 nitrogen and oxygen atoms in total. The maximum atomic E-state index is 12.8. The van der Waals surface area contributed by atoms with Crippen LogP contribution in [0.15, 0.2) is 0 Å². The summed E-state index contributed by atoms with van der Waals surface area (Å²) in [6.07, 6.45) is 5.32. The molecule has 0 aromatic rings. The van der Waals surface area contributed by atoms with Crippen LogP contribution in [0.1, 0.15) is 46.0 Å². The average Bonchev–Trinajstić information content (AvgIpc) is 3.10. The molecule has 0 N–H and O–H groups in total. The summed E-state index contributed by atoms with van der Waals surface area (Å²) in [5, 5.41) is 0. The van der Waals surface area contributed by atoms with Crippen molar-refractivity contribution in [3.05, 3.63) is 0 Å². The molecule has 3 saturated carbocycles. The van der Waals surface area contributed by atoms with E-state index >= 15 is 0 Å². The van der Waals surface area contributed by atoms with E-state index in [-0.39, 0.29) is 53.7 Å². The lowest BCUT2D eigenvalue weighted by atomic mass is 9.70. The highest BCUT2D eigenvalue weighted by Crippen LogP contribution is 2.58. The highest BCUT2D eigenvalue weighted by atomic mass is 16.6. The van der Waals surface area contributed by atoms with E-state index in [2.05, 4.69) is 6.92 Å². The third-order valence-electron chi connectivity index (χ3n) is 6.54. The summed E-state index contributed by atoms with van der Waals surface area (Å²) in [7, 11) is 0. The summed E-state index contributed by atoms with van der Waals surface area (Å²) < 4.78 is 11.6. The lowest BCUT2D eigenvalue weighted by Crippen LogP contribution is -2.51. The molecule has 0 aromatic carbocycles. The Balaban J connectivity index is 1.57. The number of carbonyl (C=O) groups is 2. The number of rotatable bonds is 2. The Morgan fingerprint density at radius 3 is 2.71 bits per heavy atom. The molecule has 1 heterocycles. The molecule has 1 saturated heterocycles. The molecule has 1 aliphatic heterocycles. The number of ether oxygens (including phenoxy) is 2. The Morgan fingerprint density at radius 1 is 1.29 bits per heavy atom. The minimum absolute atomic E-state index is 0.113. The van der Waals surface area contributed by atoms with Crippen molar-refractivity contribution in [2.24, 2.45) is 29.6 Å². The van der Waals surface area contributed by atoms with Crippen molar-refractivity contribution in [3.63, 3.8) is 0 Å². The van der Waals surface area contributed by atoms with E-state index in [1.807, 2.05) is 6.92 Å². The largest absolute Gasteiger partial charge is 0.459 e. The Morgan fingerprint density at radius 2 is 2.00 bits per heavy atom. The molecule has 21 heavy (non-hydrogen) atoms. The zero-order valence-electron chi connectivity index (χ0n) is 12.8. The van der Waals surface area contributed by atoms with Gasteiger partial charge in [0.15, 0.2) is 5.78 Å². The van der Waals surface area contributed by atoms with Crippen LogP contribution < -0.4 is 0 Å². The quantitative estimate of drug-likeness (QED) is 0.733. The number of carbonyl (C=O) groups excluding carboxylic acids is 2. The minimum Gasteiger partial charge on any atom is -0.459 e. The monoisotopic (exact) mass is 292 g/mol. The standard InChI is InChI=1S/C17H24O4/c1-9-10-7-11-13(12(18)8-20-15(9)11)14(10)16(19)21-17(2)5-3-4-6-17/h9-11,13-15H,3-8H2,1-2H3. The Bertz CT molecular complexity index is 479. The molecule has 6 atom stereocenters. The first-order valence-electron chi connectivity index (χ1n) is 8.37. The van der Waals surface area contributed by atoms with Gasteiger partial charge >= 0.3 is 5.97 Å². The molecule has 6 unspecified atom stereocenters. The van der Waals surface area contributed by atoms with Crippen LogP contribution in [-0.2, 0) is 19.1 Å². The van der Waals surface area contributed by atoms with Gasteiger partial charge < -0.3 is 9.47 Å². The molecule has 0 aromatic heterocycles. The normalized spacial score (nSPS) is 46.9. The molecule has 0 spiro atoms. The van der Waals surface area contributed by atoms with Crippen molar-refractivity contribution < 1.29 is 19.1 Å². The van der Waals surface area contributed by atoms with Crippen LogP contribution in [0.4, 0.5) is 0 Å². The van der Waals surface area contributed by atoms with Gasteiger partial charge in [0.05, 0.1) is 12.0 Å². The fourth-order valence-electron chi connectivity index (χ4n) is 5.50. The molecule has 116 valence electrons. The van der Waals surface area contributed by atoms with Crippen LogP contribution in [0.5, 0.6) is 0 Å². The van der Waals surface area contributed by atoms with Gasteiger partial charge in [-0.3, -0.25) is 9.59 Å². The highest BCUT2D eigenvalue weighted by molar-refractivity contribution is 5.90. The van der Waals surface area contributed by atoms with Gasteiger partial charge in [0, 0.05) is 5.92 Å². The van der Waals surface area contributed by atoms with E-state index in [9.17, 15) is 9.59 Å². The number of Topliss-reactive ketones (excluding diaryl/α,β-unsaturated/α-hetero) is 1. The molecule has 4 fully saturated rings. The number of ketones is 1. The molecule has 0 radical (unpaired) electrons. The van der Waals surface area contributed by atoms with Gasteiger partial charge in [-0.2, -0.15) is 0 Å². The van der Waals surface area contributed by atoms with Crippen molar-refractivity contribution in [3.8, 4) is 0 Å². The third kappa shape index (κ3) is 1.91. The predicted molar refractivity (Wildman–Crippen MR) is 75.5 cm³/mol. The van der Waals surface area contributed by atoms with Gasteiger partial charge in [-0.15, -0.1) is 0 Å². The first kappa shape index (κ1) is 13.7. The maximum Gasteiger partial charge on any atom is 0.310 e. The predicted octanol–water partition coefficient (Wildman–Crippen LogP) is 2.35. The average molecular weight is 292 g/mol. The van der Waals surface area contributed by atoms with E-state index in [1.54, 1.807) is 0 Å². The molecular formula is C17H24O4. The minimum atomic E-state index is -0.296. The van der Waals surface area contributed by atoms with Gasteiger partial charge in [0.25, 0.3) is 0 Å². The molecule has 3 aliphatic carbocycles. The van der Waals surface area contributed by atoms with Crippen LogP contribution >= 0.6 is 0 Å². The van der Waals surface area contributed by atoms with Crippen LogP contribution in [0.25, 0.3) is 0 Å². The third-order valence-corrected chi connectivity index (χ3v) is 6.54. The second-order valence-electron chi connectivity index (χ2n) is 7.79. The topological polar surface area (TPSA) is 52.6 Å². The molecule has 2 bridgehead atoms. The fourth-order valence-corrected chi connectivity index (χ4v) is 5.50. The van der Waals surface area contributed by atoms with Crippen molar-refractivity contribution in [1.29, 1.82) is 0 Å². The highest BCUT2D eigenvalue weighted by Gasteiger charge is 2.64. The Labute approximate surface area is 125 Å². The summed E-state index contributed by atoms with van der Waals surface area (Å²) in [5.41, 5.74) is -0.296. The smallest absolute Gasteiger partial charge is 0.310 e. The summed E-state index contributed by atoms with van der Waals surface area (Å²) in [5.74, 6) is 0.541. The zero-order valence-corrected chi connectivity index (χ0v) is 12.8. The summed E-state index contributed by atoms with van der Waals surface area (Å²) in [6.45, 7) is 4.39. The molecular weight excluding hydrogens is 268 g/mol. The van der Waals surface area contributed by atoms with Gasteiger partial charge in [0.2, 0.25) is 0 Å².